The number of hydrogen-bond acceptors (Lipinski definition) is 4. The van der Waals surface area contributed by atoms with E-state index in [1.54, 1.807) is 12.4 Å². The smallest absolute Gasteiger partial charge is 0.222 e. The Kier molecular flexibility index (Phi) is 5.07. The van der Waals surface area contributed by atoms with Gasteiger partial charge in [-0.05, 0) is 61.6 Å². The van der Waals surface area contributed by atoms with E-state index in [-0.39, 0.29) is 11.4 Å². The Morgan fingerprint density at radius 1 is 1.00 bits per heavy atom. The van der Waals surface area contributed by atoms with E-state index >= 15 is 0 Å². The predicted molar refractivity (Wildman–Crippen MR) is 120 cm³/mol. The third-order valence-corrected chi connectivity index (χ3v) is 6.84. The van der Waals surface area contributed by atoms with E-state index < -0.39 is 0 Å². The van der Waals surface area contributed by atoms with Crippen LogP contribution < -0.4 is 4.90 Å². The summed E-state index contributed by atoms with van der Waals surface area (Å²) in [5, 5.41) is 0.729. The lowest BCUT2D eigenvalue weighted by molar-refractivity contribution is -0.134. The molecule has 1 amide bonds. The molecule has 0 unspecified atom stereocenters. The molecule has 5 rings (SSSR count). The number of piperidine rings is 1. The molecule has 0 saturated carbocycles. The van der Waals surface area contributed by atoms with Crippen LogP contribution in [0.1, 0.15) is 31.2 Å². The van der Waals surface area contributed by atoms with Crippen LogP contribution in [-0.2, 0) is 11.2 Å². The fourth-order valence-corrected chi connectivity index (χ4v) is 5.00. The highest BCUT2D eigenvalue weighted by Gasteiger charge is 2.48. The molecule has 154 valence electrons. The lowest BCUT2D eigenvalue weighted by atomic mass is 9.77. The molecule has 2 aliphatic heterocycles. The summed E-state index contributed by atoms with van der Waals surface area (Å²) in [6.45, 7) is 2.70. The molecule has 2 fully saturated rings. The molecular formula is C24H25ClN4O. The lowest BCUT2D eigenvalue weighted by Gasteiger charge is -2.58. The number of amides is 1. The average molecular weight is 421 g/mol. The zero-order valence-electron chi connectivity index (χ0n) is 16.9. The molecule has 3 heterocycles. The first-order chi connectivity index (χ1) is 14.6. The van der Waals surface area contributed by atoms with Gasteiger partial charge >= 0.3 is 0 Å². The van der Waals surface area contributed by atoms with Crippen molar-refractivity contribution in [3.05, 3.63) is 65.4 Å². The van der Waals surface area contributed by atoms with Gasteiger partial charge in [-0.3, -0.25) is 14.8 Å². The number of carbonyl (C=O) groups is 1. The van der Waals surface area contributed by atoms with Gasteiger partial charge in [0.1, 0.15) is 0 Å². The summed E-state index contributed by atoms with van der Waals surface area (Å²) < 4.78 is 0. The van der Waals surface area contributed by atoms with E-state index in [2.05, 4.69) is 31.9 Å². The zero-order valence-corrected chi connectivity index (χ0v) is 17.7. The highest BCUT2D eigenvalue weighted by Crippen LogP contribution is 2.42. The van der Waals surface area contributed by atoms with Crippen molar-refractivity contribution >= 4 is 34.2 Å². The third-order valence-electron chi connectivity index (χ3n) is 6.59. The number of aryl methyl sites for hydroxylation is 1. The van der Waals surface area contributed by atoms with Crippen molar-refractivity contribution in [3.63, 3.8) is 0 Å². The van der Waals surface area contributed by atoms with Crippen LogP contribution in [0.2, 0.25) is 5.02 Å². The number of benzene rings is 2. The van der Waals surface area contributed by atoms with Gasteiger partial charge in [0, 0.05) is 49.2 Å². The van der Waals surface area contributed by atoms with Gasteiger partial charge in [0.05, 0.1) is 16.6 Å². The summed E-state index contributed by atoms with van der Waals surface area (Å²) in [7, 11) is 0. The number of anilines is 1. The molecule has 2 saturated heterocycles. The maximum Gasteiger partial charge on any atom is 0.222 e. The van der Waals surface area contributed by atoms with Crippen molar-refractivity contribution in [2.45, 2.75) is 37.6 Å². The maximum absolute atomic E-state index is 12.9. The first-order valence-corrected chi connectivity index (χ1v) is 11.0. The Bertz CT molecular complexity index is 1070. The molecule has 1 atom stereocenters. The molecule has 1 spiro atoms. The van der Waals surface area contributed by atoms with E-state index in [1.807, 2.05) is 30.3 Å². The third kappa shape index (κ3) is 3.63. The fraction of sp³-hybridized carbons (Fsp3) is 0.375. The van der Waals surface area contributed by atoms with Crippen molar-refractivity contribution < 1.29 is 4.79 Å². The van der Waals surface area contributed by atoms with Gasteiger partial charge in [-0.25, -0.2) is 0 Å². The Morgan fingerprint density at radius 2 is 1.80 bits per heavy atom. The predicted octanol–water partition coefficient (Wildman–Crippen LogP) is 4.49. The SMILES string of the molecule is O=C(CCc1ccc(Cl)cc1)N1CCC[C@@]2(CCN2c2ccc3nccnc3c2)C1. The average Bonchev–Trinajstić information content (AvgIpc) is 2.78. The van der Waals surface area contributed by atoms with E-state index in [9.17, 15) is 4.79 Å². The lowest BCUT2D eigenvalue weighted by Crippen LogP contribution is -2.68. The number of fused-ring (bicyclic) bond motifs is 1. The van der Waals surface area contributed by atoms with Crippen LogP contribution in [0.5, 0.6) is 0 Å². The van der Waals surface area contributed by atoms with Crippen LogP contribution >= 0.6 is 11.6 Å². The molecule has 2 aromatic carbocycles. The van der Waals surface area contributed by atoms with Gasteiger partial charge in [-0.1, -0.05) is 23.7 Å². The second-order valence-corrected chi connectivity index (χ2v) is 8.84. The number of carbonyl (C=O) groups excluding carboxylic acids is 1. The number of rotatable bonds is 4. The minimum atomic E-state index is 0.0596. The summed E-state index contributed by atoms with van der Waals surface area (Å²) in [4.78, 5) is 26.3. The van der Waals surface area contributed by atoms with Crippen LogP contribution in [0.3, 0.4) is 0 Å². The molecule has 30 heavy (non-hydrogen) atoms. The molecule has 2 aliphatic rings. The van der Waals surface area contributed by atoms with Crippen LogP contribution in [0.4, 0.5) is 5.69 Å². The number of hydrogen-bond donors (Lipinski definition) is 0. The number of aromatic nitrogens is 2. The normalized spacial score (nSPS) is 21.1. The quantitative estimate of drug-likeness (QED) is 0.624. The second kappa shape index (κ2) is 7.88. The van der Waals surface area contributed by atoms with Crippen LogP contribution in [0, 0.1) is 0 Å². The minimum absolute atomic E-state index is 0.0596. The highest BCUT2D eigenvalue weighted by atomic mass is 35.5. The zero-order chi connectivity index (χ0) is 20.6. The Labute approximate surface area is 181 Å². The van der Waals surface area contributed by atoms with E-state index in [0.29, 0.717) is 6.42 Å². The largest absolute Gasteiger partial charge is 0.364 e. The van der Waals surface area contributed by atoms with E-state index in [1.165, 1.54) is 5.69 Å². The number of likely N-dealkylation sites (tertiary alicyclic amines) is 1. The Hall–Kier alpha value is -2.66. The van der Waals surface area contributed by atoms with Gasteiger partial charge < -0.3 is 9.80 Å². The van der Waals surface area contributed by atoms with Crippen LogP contribution in [0.15, 0.2) is 54.9 Å². The van der Waals surface area contributed by atoms with Crippen molar-refractivity contribution in [2.75, 3.05) is 24.5 Å². The van der Waals surface area contributed by atoms with Gasteiger partial charge in [0.15, 0.2) is 0 Å². The van der Waals surface area contributed by atoms with Crippen molar-refractivity contribution in [1.82, 2.24) is 14.9 Å². The van der Waals surface area contributed by atoms with Gasteiger partial charge in [-0.15, -0.1) is 0 Å². The molecule has 0 bridgehead atoms. The molecule has 0 aliphatic carbocycles. The molecule has 6 heteroatoms. The topological polar surface area (TPSA) is 49.3 Å². The molecule has 0 radical (unpaired) electrons. The fourth-order valence-electron chi connectivity index (χ4n) is 4.87. The molecule has 1 aromatic heterocycles. The summed E-state index contributed by atoms with van der Waals surface area (Å²) >= 11 is 5.96. The molecule has 5 nitrogen and oxygen atoms in total. The highest BCUT2D eigenvalue weighted by molar-refractivity contribution is 6.30. The van der Waals surface area contributed by atoms with E-state index in [4.69, 9.17) is 11.6 Å². The summed E-state index contributed by atoms with van der Waals surface area (Å²) in [6, 6.07) is 14.1. The van der Waals surface area contributed by atoms with E-state index in [0.717, 1.165) is 66.9 Å². The Balaban J connectivity index is 1.27. The summed E-state index contributed by atoms with van der Waals surface area (Å²) in [6.07, 6.45) is 8.08. The molecular weight excluding hydrogens is 396 g/mol. The van der Waals surface area contributed by atoms with Gasteiger partial charge in [0.25, 0.3) is 0 Å². The minimum Gasteiger partial charge on any atom is -0.364 e. The maximum atomic E-state index is 12.9. The second-order valence-electron chi connectivity index (χ2n) is 8.40. The monoisotopic (exact) mass is 420 g/mol. The van der Waals surface area contributed by atoms with Gasteiger partial charge in [0.2, 0.25) is 5.91 Å². The van der Waals surface area contributed by atoms with Gasteiger partial charge in [-0.2, -0.15) is 0 Å². The van der Waals surface area contributed by atoms with Crippen molar-refractivity contribution in [1.29, 1.82) is 0 Å². The van der Waals surface area contributed by atoms with Crippen molar-refractivity contribution in [2.24, 2.45) is 0 Å². The first-order valence-electron chi connectivity index (χ1n) is 10.6. The standard InChI is InChI=1S/C24H25ClN4O/c25-19-5-2-18(3-6-19)4-9-23(30)28-14-1-10-24(17-28)11-15-29(24)20-7-8-21-22(16-20)27-13-12-26-21/h2-3,5-8,12-13,16H,1,4,9-11,14-15,17H2/t24-/m1/s1. The Morgan fingerprint density at radius 3 is 2.57 bits per heavy atom. The van der Waals surface area contributed by atoms with Crippen LogP contribution in [-0.4, -0.2) is 45.9 Å². The molecule has 0 N–H and O–H groups in total. The molecule has 3 aromatic rings. The summed E-state index contributed by atoms with van der Waals surface area (Å²) in [5.74, 6) is 0.250. The van der Waals surface area contributed by atoms with Crippen LogP contribution in [0.25, 0.3) is 11.0 Å². The summed E-state index contributed by atoms with van der Waals surface area (Å²) in [5.41, 5.74) is 4.23. The first kappa shape index (κ1) is 19.3. The number of halogens is 1. The number of nitrogens with zero attached hydrogens (tertiary/aromatic N) is 4. The van der Waals surface area contributed by atoms with Crippen molar-refractivity contribution in [3.8, 4) is 0 Å².